The number of ether oxygens (including phenoxy) is 1. The lowest BCUT2D eigenvalue weighted by Gasteiger charge is -2.09. The highest BCUT2D eigenvalue weighted by Crippen LogP contribution is 2.15. The molecule has 5 heteroatoms. The summed E-state index contributed by atoms with van der Waals surface area (Å²) in [4.78, 5) is 22.7. The minimum Gasteiger partial charge on any atom is -0.478 e. The number of carbonyl (C=O) groups excluding carboxylic acids is 1. The number of amides is 1. The number of unbranched alkanes of at least 4 members (excludes halogenated alkanes) is 1. The first kappa shape index (κ1) is 16.9. The van der Waals surface area contributed by atoms with Crippen LogP contribution in [0.5, 0.6) is 0 Å². The molecule has 1 amide bonds. The molecule has 114 valence electrons. The van der Waals surface area contributed by atoms with Gasteiger partial charge < -0.3 is 15.2 Å². The van der Waals surface area contributed by atoms with Crippen molar-refractivity contribution >= 4 is 18.0 Å². The van der Waals surface area contributed by atoms with Gasteiger partial charge in [-0.25, -0.2) is 4.79 Å². The lowest BCUT2D eigenvalue weighted by molar-refractivity contribution is -0.131. The second kappa shape index (κ2) is 8.92. The first-order valence-corrected chi connectivity index (χ1v) is 6.84. The van der Waals surface area contributed by atoms with E-state index in [4.69, 9.17) is 9.84 Å². The highest BCUT2D eigenvalue weighted by atomic mass is 16.5. The van der Waals surface area contributed by atoms with E-state index in [-0.39, 0.29) is 5.91 Å². The van der Waals surface area contributed by atoms with Crippen molar-refractivity contribution < 1.29 is 19.4 Å². The van der Waals surface area contributed by atoms with Gasteiger partial charge >= 0.3 is 5.97 Å². The van der Waals surface area contributed by atoms with E-state index >= 15 is 0 Å². The molecule has 21 heavy (non-hydrogen) atoms. The monoisotopic (exact) mass is 291 g/mol. The fourth-order valence-corrected chi connectivity index (χ4v) is 1.91. The Morgan fingerprint density at radius 1 is 1.33 bits per heavy atom. The number of methoxy groups -OCH3 is 1. The fourth-order valence-electron chi connectivity index (χ4n) is 1.91. The lowest BCUT2D eigenvalue weighted by atomic mass is 10.0. The summed E-state index contributed by atoms with van der Waals surface area (Å²) in [6.45, 7) is 3.09. The molecule has 0 radical (unpaired) electrons. The van der Waals surface area contributed by atoms with Gasteiger partial charge in [-0.3, -0.25) is 4.79 Å². The third-order valence-electron chi connectivity index (χ3n) is 3.09. The van der Waals surface area contributed by atoms with Crippen molar-refractivity contribution in [3.05, 3.63) is 41.0 Å². The standard InChI is InChI=1S/C16H21NO4/c1-12-13(8-9-15(18)19)6-5-7-14(12)16(20)17-10-3-4-11-21-2/h5-9H,3-4,10-11H2,1-2H3,(H,17,20)(H,18,19). The zero-order chi connectivity index (χ0) is 15.7. The zero-order valence-electron chi connectivity index (χ0n) is 12.4. The topological polar surface area (TPSA) is 75.6 Å². The second-order valence-corrected chi connectivity index (χ2v) is 4.65. The summed E-state index contributed by atoms with van der Waals surface area (Å²) < 4.78 is 4.95. The number of carboxylic acid groups (broad SMARTS) is 1. The minimum absolute atomic E-state index is 0.143. The predicted molar refractivity (Wildman–Crippen MR) is 81.3 cm³/mol. The number of aliphatic carboxylic acids is 1. The van der Waals surface area contributed by atoms with Crippen molar-refractivity contribution in [1.29, 1.82) is 0 Å². The fraction of sp³-hybridized carbons (Fsp3) is 0.375. The maximum Gasteiger partial charge on any atom is 0.328 e. The van der Waals surface area contributed by atoms with Crippen LogP contribution in [-0.4, -0.2) is 37.2 Å². The second-order valence-electron chi connectivity index (χ2n) is 4.65. The van der Waals surface area contributed by atoms with E-state index in [1.165, 1.54) is 6.08 Å². The van der Waals surface area contributed by atoms with Crippen LogP contribution in [0.25, 0.3) is 6.08 Å². The summed E-state index contributed by atoms with van der Waals surface area (Å²) in [6, 6.07) is 5.26. The first-order chi connectivity index (χ1) is 10.1. The maximum atomic E-state index is 12.1. The van der Waals surface area contributed by atoms with Gasteiger partial charge in [-0.1, -0.05) is 12.1 Å². The third-order valence-corrected chi connectivity index (χ3v) is 3.09. The van der Waals surface area contributed by atoms with E-state index in [2.05, 4.69) is 5.32 Å². The smallest absolute Gasteiger partial charge is 0.328 e. The predicted octanol–water partition coefficient (Wildman–Crippen LogP) is 2.25. The molecule has 1 aromatic rings. The van der Waals surface area contributed by atoms with Crippen molar-refractivity contribution in [3.8, 4) is 0 Å². The molecule has 0 saturated heterocycles. The molecule has 2 N–H and O–H groups in total. The van der Waals surface area contributed by atoms with Crippen LogP contribution in [0.3, 0.4) is 0 Å². The van der Waals surface area contributed by atoms with E-state index in [9.17, 15) is 9.59 Å². The molecule has 0 aliphatic carbocycles. The molecular formula is C16H21NO4. The van der Waals surface area contributed by atoms with E-state index in [1.807, 2.05) is 0 Å². The van der Waals surface area contributed by atoms with Crippen LogP contribution in [-0.2, 0) is 9.53 Å². The highest BCUT2D eigenvalue weighted by Gasteiger charge is 2.10. The Morgan fingerprint density at radius 2 is 2.10 bits per heavy atom. The summed E-state index contributed by atoms with van der Waals surface area (Å²) in [7, 11) is 1.65. The van der Waals surface area contributed by atoms with E-state index in [0.717, 1.165) is 30.0 Å². The number of benzene rings is 1. The Kier molecular flexibility index (Phi) is 7.18. The average molecular weight is 291 g/mol. The normalized spacial score (nSPS) is 10.8. The molecule has 0 unspecified atom stereocenters. The van der Waals surface area contributed by atoms with Crippen LogP contribution >= 0.6 is 0 Å². The van der Waals surface area contributed by atoms with Gasteiger partial charge in [-0.2, -0.15) is 0 Å². The molecule has 0 aliphatic rings. The SMILES string of the molecule is COCCCCNC(=O)c1cccc(C=CC(=O)O)c1C. The Bertz CT molecular complexity index is 523. The molecule has 1 aromatic carbocycles. The van der Waals surface area contributed by atoms with Gasteiger partial charge in [0.05, 0.1) is 0 Å². The van der Waals surface area contributed by atoms with Crippen molar-refractivity contribution in [2.45, 2.75) is 19.8 Å². The molecule has 0 fully saturated rings. The summed E-state index contributed by atoms with van der Waals surface area (Å²) in [5.41, 5.74) is 2.06. The number of hydrogen-bond acceptors (Lipinski definition) is 3. The molecule has 0 spiro atoms. The van der Waals surface area contributed by atoms with Crippen molar-refractivity contribution in [2.75, 3.05) is 20.3 Å². The van der Waals surface area contributed by atoms with E-state index < -0.39 is 5.97 Å². The molecule has 0 aromatic heterocycles. The molecule has 0 aliphatic heterocycles. The van der Waals surface area contributed by atoms with Crippen molar-refractivity contribution in [3.63, 3.8) is 0 Å². The molecule has 5 nitrogen and oxygen atoms in total. The van der Waals surface area contributed by atoms with Crippen LogP contribution < -0.4 is 5.32 Å². The van der Waals surface area contributed by atoms with Gasteiger partial charge in [0, 0.05) is 31.9 Å². The molecule has 0 heterocycles. The maximum absolute atomic E-state index is 12.1. The van der Waals surface area contributed by atoms with E-state index in [1.54, 1.807) is 32.2 Å². The number of carboxylic acids is 1. The Balaban J connectivity index is 2.67. The number of hydrogen-bond donors (Lipinski definition) is 2. The molecule has 0 bridgehead atoms. The molecule has 1 rings (SSSR count). The Labute approximate surface area is 124 Å². The Hall–Kier alpha value is -2.14. The first-order valence-electron chi connectivity index (χ1n) is 6.84. The van der Waals surface area contributed by atoms with Gasteiger partial charge in [0.1, 0.15) is 0 Å². The van der Waals surface area contributed by atoms with Crippen LogP contribution in [0.4, 0.5) is 0 Å². The van der Waals surface area contributed by atoms with Crippen molar-refractivity contribution in [1.82, 2.24) is 5.32 Å². The third kappa shape index (κ3) is 5.79. The van der Waals surface area contributed by atoms with Crippen LogP contribution in [0.15, 0.2) is 24.3 Å². The lowest BCUT2D eigenvalue weighted by Crippen LogP contribution is -2.25. The van der Waals surface area contributed by atoms with E-state index in [0.29, 0.717) is 18.7 Å². The van der Waals surface area contributed by atoms with Crippen LogP contribution in [0.1, 0.15) is 34.3 Å². The average Bonchev–Trinajstić information content (AvgIpc) is 2.45. The quantitative estimate of drug-likeness (QED) is 0.569. The van der Waals surface area contributed by atoms with Gasteiger partial charge in [-0.15, -0.1) is 0 Å². The summed E-state index contributed by atoms with van der Waals surface area (Å²) in [5, 5.41) is 11.5. The van der Waals surface area contributed by atoms with Crippen LogP contribution in [0.2, 0.25) is 0 Å². The van der Waals surface area contributed by atoms with Gasteiger partial charge in [0.2, 0.25) is 0 Å². The van der Waals surface area contributed by atoms with Crippen molar-refractivity contribution in [2.24, 2.45) is 0 Å². The Morgan fingerprint density at radius 3 is 2.76 bits per heavy atom. The molecular weight excluding hydrogens is 270 g/mol. The number of rotatable bonds is 8. The number of carbonyl (C=O) groups is 2. The van der Waals surface area contributed by atoms with Gasteiger partial charge in [0.25, 0.3) is 5.91 Å². The highest BCUT2D eigenvalue weighted by molar-refractivity contribution is 5.97. The summed E-state index contributed by atoms with van der Waals surface area (Å²) >= 11 is 0. The summed E-state index contributed by atoms with van der Waals surface area (Å²) in [5.74, 6) is -1.15. The van der Waals surface area contributed by atoms with Gasteiger partial charge in [-0.05, 0) is 43.0 Å². The molecule has 0 saturated carbocycles. The number of nitrogens with one attached hydrogen (secondary N) is 1. The van der Waals surface area contributed by atoms with Crippen LogP contribution in [0, 0.1) is 6.92 Å². The largest absolute Gasteiger partial charge is 0.478 e. The zero-order valence-corrected chi connectivity index (χ0v) is 12.4. The minimum atomic E-state index is -1.01. The van der Waals surface area contributed by atoms with Gasteiger partial charge in [0.15, 0.2) is 0 Å². The summed E-state index contributed by atoms with van der Waals surface area (Å²) in [6.07, 6.45) is 4.32. The molecule has 0 atom stereocenters.